The van der Waals surface area contributed by atoms with Crippen molar-refractivity contribution >= 4 is 28.3 Å². The molecule has 1 N–H and O–H groups in total. The van der Waals surface area contributed by atoms with Gasteiger partial charge in [-0.25, -0.2) is 9.97 Å². The van der Waals surface area contributed by atoms with Gasteiger partial charge in [-0.05, 0) is 43.9 Å². The van der Waals surface area contributed by atoms with E-state index in [9.17, 15) is 18.0 Å². The first-order chi connectivity index (χ1) is 16.1. The molecule has 1 fully saturated rings. The number of rotatable bonds is 3. The monoisotopic (exact) mass is 484 g/mol. The molecule has 0 saturated carbocycles. The topological polar surface area (TPSA) is 61.9 Å². The molecule has 4 aromatic rings. The summed E-state index contributed by atoms with van der Waals surface area (Å²) in [5.74, 6) is 0.168. The minimum atomic E-state index is -4.51. The highest BCUT2D eigenvalue weighted by Crippen LogP contribution is 2.41. The van der Waals surface area contributed by atoms with Crippen molar-refractivity contribution in [1.82, 2.24) is 19.9 Å². The number of aromatic amines is 1. The van der Waals surface area contributed by atoms with Crippen LogP contribution in [-0.4, -0.2) is 32.3 Å². The highest BCUT2D eigenvalue weighted by molar-refractivity contribution is 7.15. The molecule has 0 unspecified atom stereocenters. The van der Waals surface area contributed by atoms with Gasteiger partial charge in [0.05, 0.1) is 27.0 Å². The summed E-state index contributed by atoms with van der Waals surface area (Å²) in [6.07, 6.45) is -3.79. The maximum absolute atomic E-state index is 13.8. The molecule has 1 saturated heterocycles. The van der Waals surface area contributed by atoms with Gasteiger partial charge in [0.1, 0.15) is 17.0 Å². The molecule has 5 nitrogen and oxygen atoms in total. The van der Waals surface area contributed by atoms with Crippen LogP contribution in [0.2, 0.25) is 0 Å². The Hall–Kier alpha value is -3.20. The van der Waals surface area contributed by atoms with Gasteiger partial charge in [-0.3, -0.25) is 4.79 Å². The quantitative estimate of drug-likeness (QED) is 0.359. The molecular weight excluding hydrogens is 461 g/mol. The van der Waals surface area contributed by atoms with Crippen LogP contribution >= 0.6 is 11.3 Å². The highest BCUT2D eigenvalue weighted by atomic mass is 32.1. The van der Waals surface area contributed by atoms with Gasteiger partial charge in [0, 0.05) is 6.54 Å². The van der Waals surface area contributed by atoms with Crippen molar-refractivity contribution in [2.75, 3.05) is 6.54 Å². The van der Waals surface area contributed by atoms with Gasteiger partial charge in [0.25, 0.3) is 5.91 Å². The molecule has 0 spiro atoms. The Morgan fingerprint density at radius 3 is 2.65 bits per heavy atom. The number of halogens is 3. The van der Waals surface area contributed by atoms with Crippen molar-refractivity contribution in [3.63, 3.8) is 0 Å². The van der Waals surface area contributed by atoms with Crippen LogP contribution in [0.15, 0.2) is 42.5 Å². The summed E-state index contributed by atoms with van der Waals surface area (Å²) in [6.45, 7) is 6.33. The lowest BCUT2D eigenvalue weighted by Gasteiger charge is -2.25. The summed E-state index contributed by atoms with van der Waals surface area (Å²) in [5.41, 5.74) is 1.78. The number of hydrogen-bond acceptors (Lipinski definition) is 4. The number of alkyl halides is 3. The average Bonchev–Trinajstić information content (AvgIpc) is 3.48. The van der Waals surface area contributed by atoms with E-state index in [-0.39, 0.29) is 17.3 Å². The summed E-state index contributed by atoms with van der Waals surface area (Å²) in [6, 6.07) is 11.4. The number of likely N-dealkylation sites (tertiary alicyclic amines) is 1. The molecular formula is C25H23F3N4OS. The summed E-state index contributed by atoms with van der Waals surface area (Å²) < 4.78 is 40.6. The van der Waals surface area contributed by atoms with E-state index in [4.69, 9.17) is 0 Å². The van der Waals surface area contributed by atoms with Crippen LogP contribution in [0.5, 0.6) is 0 Å². The number of H-pyrrole nitrogens is 1. The van der Waals surface area contributed by atoms with Gasteiger partial charge in [-0.2, -0.15) is 13.2 Å². The van der Waals surface area contributed by atoms with E-state index in [1.54, 1.807) is 11.0 Å². The van der Waals surface area contributed by atoms with Gasteiger partial charge in [0.2, 0.25) is 0 Å². The number of hydrogen-bond donors (Lipinski definition) is 1. The number of aromatic nitrogens is 3. The Bertz CT molecular complexity index is 1390. The number of nitrogens with zero attached hydrogens (tertiary/aromatic N) is 3. The van der Waals surface area contributed by atoms with Gasteiger partial charge in [0.15, 0.2) is 0 Å². The Balaban J connectivity index is 1.55. The molecule has 34 heavy (non-hydrogen) atoms. The summed E-state index contributed by atoms with van der Waals surface area (Å²) in [5, 5.41) is 0.780. The Labute approximate surface area is 198 Å². The van der Waals surface area contributed by atoms with E-state index in [0.717, 1.165) is 33.5 Å². The maximum Gasteiger partial charge on any atom is 0.418 e. The molecule has 2 atom stereocenters. The molecule has 1 amide bonds. The molecule has 2 aromatic carbocycles. The average molecular weight is 485 g/mol. The minimum absolute atomic E-state index is 0.0287. The highest BCUT2D eigenvalue weighted by Gasteiger charge is 2.40. The lowest BCUT2D eigenvalue weighted by Crippen LogP contribution is -2.33. The number of nitrogens with one attached hydrogen (secondary N) is 1. The van der Waals surface area contributed by atoms with E-state index in [0.29, 0.717) is 23.6 Å². The fourth-order valence-electron chi connectivity index (χ4n) is 4.70. The molecule has 1 aliphatic heterocycles. The van der Waals surface area contributed by atoms with Gasteiger partial charge in [-0.1, -0.05) is 42.8 Å². The number of carbonyl (C=O) groups is 1. The summed E-state index contributed by atoms with van der Waals surface area (Å²) in [7, 11) is 0. The van der Waals surface area contributed by atoms with Crippen molar-refractivity contribution in [2.45, 2.75) is 39.4 Å². The Morgan fingerprint density at radius 2 is 1.91 bits per heavy atom. The molecule has 3 heterocycles. The fourth-order valence-corrected chi connectivity index (χ4v) is 5.61. The zero-order chi connectivity index (χ0) is 24.2. The number of aryl methyl sites for hydroxylation is 2. The summed E-state index contributed by atoms with van der Waals surface area (Å²) >= 11 is 1.46. The first-order valence-electron chi connectivity index (χ1n) is 11.0. The number of imidazole rings is 1. The molecule has 0 aliphatic carbocycles. The van der Waals surface area contributed by atoms with Crippen LogP contribution in [0.1, 0.15) is 51.8 Å². The predicted molar refractivity (Wildman–Crippen MR) is 126 cm³/mol. The molecule has 0 bridgehead atoms. The minimum Gasteiger partial charge on any atom is -0.340 e. The normalized spacial score (nSPS) is 18.7. The van der Waals surface area contributed by atoms with E-state index < -0.39 is 17.8 Å². The number of carbonyl (C=O) groups excluding carboxylic acids is 1. The van der Waals surface area contributed by atoms with Crippen LogP contribution < -0.4 is 0 Å². The number of fused-ring (bicyclic) bond motifs is 1. The third-order valence-corrected chi connectivity index (χ3v) is 7.31. The molecule has 1 aliphatic rings. The lowest BCUT2D eigenvalue weighted by molar-refractivity contribution is -0.136. The number of thiazole rings is 1. The summed E-state index contributed by atoms with van der Waals surface area (Å²) in [4.78, 5) is 28.2. The van der Waals surface area contributed by atoms with Crippen molar-refractivity contribution in [3.8, 4) is 10.4 Å². The second-order valence-electron chi connectivity index (χ2n) is 8.81. The molecule has 176 valence electrons. The second-order valence-corrected chi connectivity index (χ2v) is 10.0. The maximum atomic E-state index is 13.8. The van der Waals surface area contributed by atoms with Crippen molar-refractivity contribution in [2.24, 2.45) is 5.92 Å². The standard InChI is InChI=1S/C25H23F3N4OS/c1-13-6-4-7-16(12-13)22-20(29-15(3)34-22)24(33)32-11-10-14(2)21(32)23-30-18-9-5-8-17(19(18)31-23)25(26,27)28/h4-9,12,14,21H,10-11H2,1-3H3,(H,30,31)/t14-,21-/m0/s1. The van der Waals surface area contributed by atoms with E-state index >= 15 is 0 Å². The lowest BCUT2D eigenvalue weighted by atomic mass is 10.0. The first kappa shape index (κ1) is 22.6. The largest absolute Gasteiger partial charge is 0.418 e. The third-order valence-electron chi connectivity index (χ3n) is 6.29. The van der Waals surface area contributed by atoms with Gasteiger partial charge in [-0.15, -0.1) is 11.3 Å². The molecule has 2 aromatic heterocycles. The van der Waals surface area contributed by atoms with Crippen LogP contribution in [-0.2, 0) is 6.18 Å². The van der Waals surface area contributed by atoms with Gasteiger partial charge >= 0.3 is 6.18 Å². The molecule has 0 radical (unpaired) electrons. The zero-order valence-corrected chi connectivity index (χ0v) is 19.7. The van der Waals surface area contributed by atoms with Crippen molar-refractivity contribution in [3.05, 3.63) is 70.1 Å². The molecule has 9 heteroatoms. The van der Waals surface area contributed by atoms with Gasteiger partial charge < -0.3 is 9.88 Å². The number of amides is 1. The van der Waals surface area contributed by atoms with E-state index in [1.165, 1.54) is 17.4 Å². The SMILES string of the molecule is Cc1cccc(-c2sc(C)nc2C(=O)N2CC[C@H](C)[C@H]2c2nc3c(C(F)(F)F)cccc3[nH]2)c1. The van der Waals surface area contributed by atoms with Crippen LogP contribution in [0.3, 0.4) is 0 Å². The fraction of sp³-hybridized carbons (Fsp3) is 0.320. The number of para-hydroxylation sites is 1. The Kier molecular flexibility index (Phi) is 5.47. The zero-order valence-electron chi connectivity index (χ0n) is 18.9. The van der Waals surface area contributed by atoms with E-state index in [1.807, 2.05) is 45.0 Å². The van der Waals surface area contributed by atoms with Crippen LogP contribution in [0.25, 0.3) is 21.5 Å². The molecule has 5 rings (SSSR count). The van der Waals surface area contributed by atoms with Crippen LogP contribution in [0, 0.1) is 19.8 Å². The number of benzene rings is 2. The Morgan fingerprint density at radius 1 is 1.15 bits per heavy atom. The van der Waals surface area contributed by atoms with Crippen molar-refractivity contribution < 1.29 is 18.0 Å². The first-order valence-corrected chi connectivity index (χ1v) is 11.9. The van der Waals surface area contributed by atoms with Crippen molar-refractivity contribution in [1.29, 1.82) is 0 Å². The second kappa shape index (κ2) is 8.23. The van der Waals surface area contributed by atoms with Crippen LogP contribution in [0.4, 0.5) is 13.2 Å². The smallest absolute Gasteiger partial charge is 0.340 e. The third kappa shape index (κ3) is 3.87. The predicted octanol–water partition coefficient (Wildman–Crippen LogP) is 6.55. The van der Waals surface area contributed by atoms with E-state index in [2.05, 4.69) is 15.0 Å².